The van der Waals surface area contributed by atoms with Gasteiger partial charge in [-0.15, -0.1) is 0 Å². The zero-order valence-electron chi connectivity index (χ0n) is 10.2. The molecule has 2 N–H and O–H groups in total. The van der Waals surface area contributed by atoms with Crippen LogP contribution >= 0.6 is 0 Å². The van der Waals surface area contributed by atoms with Crippen molar-refractivity contribution in [3.63, 3.8) is 0 Å². The highest BCUT2D eigenvalue weighted by Crippen LogP contribution is 2.37. The van der Waals surface area contributed by atoms with E-state index in [-0.39, 0.29) is 0 Å². The topological polar surface area (TPSA) is 51.8 Å². The SMILES string of the molecule is CC1=CCCC(C)[C@H]1c1cc(C)nc(N)n1. The van der Waals surface area contributed by atoms with Gasteiger partial charge in [0.2, 0.25) is 5.95 Å². The molecule has 0 spiro atoms. The van der Waals surface area contributed by atoms with E-state index in [0.717, 1.165) is 11.4 Å². The first-order valence-corrected chi connectivity index (χ1v) is 5.85. The summed E-state index contributed by atoms with van der Waals surface area (Å²) in [7, 11) is 0. The summed E-state index contributed by atoms with van der Waals surface area (Å²) in [4.78, 5) is 8.51. The maximum atomic E-state index is 5.72. The number of hydrogen-bond acceptors (Lipinski definition) is 3. The van der Waals surface area contributed by atoms with Gasteiger partial charge in [-0.1, -0.05) is 18.6 Å². The highest BCUT2D eigenvalue weighted by Gasteiger charge is 2.25. The molecule has 0 aliphatic heterocycles. The zero-order valence-corrected chi connectivity index (χ0v) is 10.2. The van der Waals surface area contributed by atoms with Crippen LogP contribution in [-0.4, -0.2) is 9.97 Å². The lowest BCUT2D eigenvalue weighted by Gasteiger charge is -2.28. The summed E-state index contributed by atoms with van der Waals surface area (Å²) in [5.74, 6) is 1.44. The van der Waals surface area contributed by atoms with E-state index >= 15 is 0 Å². The average molecular weight is 217 g/mol. The molecule has 1 aliphatic carbocycles. The zero-order chi connectivity index (χ0) is 11.7. The van der Waals surface area contributed by atoms with Crippen LogP contribution in [0.5, 0.6) is 0 Å². The van der Waals surface area contributed by atoms with E-state index in [1.807, 2.05) is 6.92 Å². The molecule has 2 atom stereocenters. The minimum absolute atomic E-state index is 0.389. The molecule has 0 aromatic carbocycles. The van der Waals surface area contributed by atoms with Crippen molar-refractivity contribution in [2.45, 2.75) is 39.5 Å². The van der Waals surface area contributed by atoms with Gasteiger partial charge in [-0.2, -0.15) is 0 Å². The molecule has 3 heteroatoms. The number of aromatic nitrogens is 2. The minimum atomic E-state index is 0.389. The first-order valence-electron chi connectivity index (χ1n) is 5.85. The van der Waals surface area contributed by atoms with E-state index in [9.17, 15) is 0 Å². The molecule has 0 fully saturated rings. The molecule has 1 aromatic rings. The lowest BCUT2D eigenvalue weighted by molar-refractivity contribution is 0.443. The van der Waals surface area contributed by atoms with Crippen LogP contribution in [0.25, 0.3) is 0 Å². The van der Waals surface area contributed by atoms with Crippen LogP contribution in [0.1, 0.15) is 44.0 Å². The van der Waals surface area contributed by atoms with Gasteiger partial charge in [-0.3, -0.25) is 0 Å². The molecule has 1 aliphatic rings. The molecular formula is C13H19N3. The Hall–Kier alpha value is -1.38. The molecule has 3 nitrogen and oxygen atoms in total. The van der Waals surface area contributed by atoms with Crippen LogP contribution in [0, 0.1) is 12.8 Å². The second kappa shape index (κ2) is 4.24. The Morgan fingerprint density at radius 2 is 2.06 bits per heavy atom. The maximum absolute atomic E-state index is 5.72. The molecule has 0 bridgehead atoms. The molecule has 1 aromatic heterocycles. The largest absolute Gasteiger partial charge is 0.368 e. The van der Waals surface area contributed by atoms with Gasteiger partial charge < -0.3 is 5.73 Å². The third kappa shape index (κ3) is 2.08. The Morgan fingerprint density at radius 1 is 1.31 bits per heavy atom. The summed E-state index contributed by atoms with van der Waals surface area (Å²) < 4.78 is 0. The van der Waals surface area contributed by atoms with Gasteiger partial charge in [0.05, 0.1) is 5.69 Å². The summed E-state index contributed by atoms with van der Waals surface area (Å²) >= 11 is 0. The molecule has 0 saturated carbocycles. The second-order valence-electron chi connectivity index (χ2n) is 4.77. The van der Waals surface area contributed by atoms with E-state index in [2.05, 4.69) is 36.0 Å². The highest BCUT2D eigenvalue weighted by molar-refractivity contribution is 5.30. The lowest BCUT2D eigenvalue weighted by atomic mass is 9.78. The molecule has 0 saturated heterocycles. The van der Waals surface area contributed by atoms with Crippen molar-refractivity contribution in [3.8, 4) is 0 Å². The molecule has 1 heterocycles. The smallest absolute Gasteiger partial charge is 0.220 e. The van der Waals surface area contributed by atoms with Gasteiger partial charge >= 0.3 is 0 Å². The Kier molecular flexibility index (Phi) is 2.95. The maximum Gasteiger partial charge on any atom is 0.220 e. The van der Waals surface area contributed by atoms with Gasteiger partial charge in [-0.05, 0) is 38.7 Å². The Balaban J connectivity index is 2.42. The normalized spacial score (nSPS) is 25.3. The number of allylic oxidation sites excluding steroid dienone is 2. The van der Waals surface area contributed by atoms with Crippen molar-refractivity contribution in [2.24, 2.45) is 5.92 Å². The van der Waals surface area contributed by atoms with Crippen molar-refractivity contribution in [3.05, 3.63) is 29.1 Å². The van der Waals surface area contributed by atoms with Crippen LogP contribution in [0.4, 0.5) is 5.95 Å². The van der Waals surface area contributed by atoms with Crippen LogP contribution in [0.3, 0.4) is 0 Å². The van der Waals surface area contributed by atoms with E-state index in [0.29, 0.717) is 17.8 Å². The third-order valence-corrected chi connectivity index (χ3v) is 3.36. The van der Waals surface area contributed by atoms with Gasteiger partial charge in [-0.25, -0.2) is 9.97 Å². The van der Waals surface area contributed by atoms with E-state index in [4.69, 9.17) is 5.73 Å². The van der Waals surface area contributed by atoms with E-state index in [1.54, 1.807) is 0 Å². The number of nitrogens with zero attached hydrogens (tertiary/aromatic N) is 2. The predicted octanol–water partition coefficient (Wildman–Crippen LogP) is 2.83. The van der Waals surface area contributed by atoms with Crippen molar-refractivity contribution in [2.75, 3.05) is 5.73 Å². The Bertz CT molecular complexity index is 403. The van der Waals surface area contributed by atoms with Gasteiger partial charge in [0, 0.05) is 11.6 Å². The van der Waals surface area contributed by atoms with Gasteiger partial charge in [0.25, 0.3) is 0 Å². The van der Waals surface area contributed by atoms with E-state index < -0.39 is 0 Å². The van der Waals surface area contributed by atoms with Crippen LogP contribution in [0.15, 0.2) is 17.7 Å². The quantitative estimate of drug-likeness (QED) is 0.736. The molecule has 16 heavy (non-hydrogen) atoms. The van der Waals surface area contributed by atoms with Crippen LogP contribution in [0.2, 0.25) is 0 Å². The number of hydrogen-bond donors (Lipinski definition) is 1. The first kappa shape index (κ1) is 11.1. The number of nitrogens with two attached hydrogens (primary N) is 1. The van der Waals surface area contributed by atoms with E-state index in [1.165, 1.54) is 18.4 Å². The molecule has 1 unspecified atom stereocenters. The minimum Gasteiger partial charge on any atom is -0.368 e. The summed E-state index contributed by atoms with van der Waals surface area (Å²) in [5.41, 5.74) is 9.16. The molecule has 2 rings (SSSR count). The standard InChI is InChI=1S/C13H19N3/c1-8-5-4-6-9(2)12(8)11-7-10(3)15-13(14)16-11/h5,7,9,12H,4,6H2,1-3H3,(H2,14,15,16)/t9?,12-/m0/s1. The van der Waals surface area contributed by atoms with Crippen LogP contribution in [-0.2, 0) is 0 Å². The Morgan fingerprint density at radius 3 is 2.69 bits per heavy atom. The van der Waals surface area contributed by atoms with Crippen molar-refractivity contribution >= 4 is 5.95 Å². The number of anilines is 1. The fourth-order valence-electron chi connectivity index (χ4n) is 2.62. The summed E-state index contributed by atoms with van der Waals surface area (Å²) in [6.07, 6.45) is 4.73. The summed E-state index contributed by atoms with van der Waals surface area (Å²) in [5, 5.41) is 0. The fourth-order valence-corrected chi connectivity index (χ4v) is 2.62. The van der Waals surface area contributed by atoms with Crippen molar-refractivity contribution < 1.29 is 0 Å². The summed E-state index contributed by atoms with van der Waals surface area (Å²) in [6.45, 7) is 6.44. The van der Waals surface area contributed by atoms with Crippen molar-refractivity contribution in [1.82, 2.24) is 9.97 Å². The molecular weight excluding hydrogens is 198 g/mol. The number of nitrogen functional groups attached to an aromatic ring is 1. The first-order chi connectivity index (χ1) is 7.58. The van der Waals surface area contributed by atoms with Gasteiger partial charge in [0.15, 0.2) is 0 Å². The highest BCUT2D eigenvalue weighted by atomic mass is 15.0. The van der Waals surface area contributed by atoms with Gasteiger partial charge in [0.1, 0.15) is 0 Å². The number of aryl methyl sites for hydroxylation is 1. The van der Waals surface area contributed by atoms with Crippen molar-refractivity contribution in [1.29, 1.82) is 0 Å². The number of rotatable bonds is 1. The lowest BCUT2D eigenvalue weighted by Crippen LogP contribution is -2.17. The Labute approximate surface area is 96.8 Å². The second-order valence-corrected chi connectivity index (χ2v) is 4.77. The monoisotopic (exact) mass is 217 g/mol. The third-order valence-electron chi connectivity index (χ3n) is 3.36. The van der Waals surface area contributed by atoms with Crippen LogP contribution < -0.4 is 5.73 Å². The summed E-state index contributed by atoms with van der Waals surface area (Å²) in [6, 6.07) is 2.06. The average Bonchev–Trinajstić information content (AvgIpc) is 2.15. The fraction of sp³-hybridized carbons (Fsp3) is 0.538. The molecule has 86 valence electrons. The molecule has 0 radical (unpaired) electrons. The predicted molar refractivity (Wildman–Crippen MR) is 66.1 cm³/mol. The molecule has 0 amide bonds.